The summed E-state index contributed by atoms with van der Waals surface area (Å²) >= 11 is 0. The van der Waals surface area contributed by atoms with Gasteiger partial charge in [-0.15, -0.1) is 0 Å². The highest BCUT2D eigenvalue weighted by molar-refractivity contribution is 5.68. The molecular formula is C19H28N2O2. The monoisotopic (exact) mass is 316 g/mol. The maximum Gasteiger partial charge on any atom is 0.410 e. The molecule has 0 saturated carbocycles. The van der Waals surface area contributed by atoms with Crippen LogP contribution in [0.3, 0.4) is 0 Å². The molecule has 3 rings (SSSR count). The van der Waals surface area contributed by atoms with E-state index in [4.69, 9.17) is 4.74 Å². The van der Waals surface area contributed by atoms with E-state index >= 15 is 0 Å². The zero-order chi connectivity index (χ0) is 16.5. The number of nitrogens with zero attached hydrogens (tertiary/aromatic N) is 2. The molecule has 1 aromatic rings. The normalized spacial score (nSPS) is 25.3. The van der Waals surface area contributed by atoms with Crippen LogP contribution in [0, 0.1) is 0 Å². The van der Waals surface area contributed by atoms with Crippen LogP contribution in [0.25, 0.3) is 0 Å². The molecule has 1 unspecified atom stereocenters. The summed E-state index contributed by atoms with van der Waals surface area (Å²) in [5, 5.41) is 0. The molecular weight excluding hydrogens is 288 g/mol. The first-order valence-corrected chi connectivity index (χ1v) is 8.65. The van der Waals surface area contributed by atoms with Gasteiger partial charge < -0.3 is 9.64 Å². The lowest BCUT2D eigenvalue weighted by Gasteiger charge is -2.35. The molecule has 1 spiro atoms. The Balaban J connectivity index is 1.66. The Bertz CT molecular complexity index is 552. The summed E-state index contributed by atoms with van der Waals surface area (Å²) < 4.78 is 5.55. The summed E-state index contributed by atoms with van der Waals surface area (Å²) in [5.41, 5.74) is 1.07. The number of benzene rings is 1. The maximum absolute atomic E-state index is 12.4. The van der Waals surface area contributed by atoms with E-state index in [0.717, 1.165) is 32.6 Å². The lowest BCUT2D eigenvalue weighted by molar-refractivity contribution is 0.0255. The molecule has 126 valence electrons. The molecule has 2 fully saturated rings. The molecule has 1 amide bonds. The van der Waals surface area contributed by atoms with Crippen molar-refractivity contribution in [2.45, 2.75) is 57.7 Å². The van der Waals surface area contributed by atoms with Crippen LogP contribution in [0.2, 0.25) is 0 Å². The highest BCUT2D eigenvalue weighted by Gasteiger charge is 2.47. The number of likely N-dealkylation sites (tertiary alicyclic amines) is 2. The second-order valence-corrected chi connectivity index (χ2v) is 7.89. The quantitative estimate of drug-likeness (QED) is 0.835. The van der Waals surface area contributed by atoms with Crippen LogP contribution in [-0.2, 0) is 11.3 Å². The van der Waals surface area contributed by atoms with Gasteiger partial charge >= 0.3 is 6.09 Å². The summed E-state index contributed by atoms with van der Waals surface area (Å²) in [6.07, 6.45) is 3.29. The lowest BCUT2D eigenvalue weighted by atomic mass is 9.95. The predicted molar refractivity (Wildman–Crippen MR) is 91.2 cm³/mol. The van der Waals surface area contributed by atoms with Crippen molar-refractivity contribution < 1.29 is 9.53 Å². The van der Waals surface area contributed by atoms with Crippen LogP contribution in [0.5, 0.6) is 0 Å². The summed E-state index contributed by atoms with van der Waals surface area (Å²) in [7, 11) is 0. The third-order valence-corrected chi connectivity index (χ3v) is 4.94. The van der Waals surface area contributed by atoms with Crippen LogP contribution in [0.4, 0.5) is 4.79 Å². The highest BCUT2D eigenvalue weighted by Crippen LogP contribution is 2.39. The van der Waals surface area contributed by atoms with Gasteiger partial charge in [-0.3, -0.25) is 4.90 Å². The Morgan fingerprint density at radius 1 is 1.17 bits per heavy atom. The standard InChI is InChI=1S/C19H28N2O2/c1-18(2,3)23-17(22)20-13-11-19(15-20)10-7-12-21(19)14-16-8-5-4-6-9-16/h4-6,8-9H,7,10-15H2,1-3H3. The minimum absolute atomic E-state index is 0.146. The first-order chi connectivity index (χ1) is 10.9. The molecule has 0 aromatic heterocycles. The molecule has 4 nitrogen and oxygen atoms in total. The molecule has 1 atom stereocenters. The molecule has 0 N–H and O–H groups in total. The minimum atomic E-state index is -0.424. The summed E-state index contributed by atoms with van der Waals surface area (Å²) in [6.45, 7) is 9.48. The van der Waals surface area contributed by atoms with E-state index in [9.17, 15) is 4.79 Å². The molecule has 0 bridgehead atoms. The van der Waals surface area contributed by atoms with Crippen LogP contribution >= 0.6 is 0 Å². The van der Waals surface area contributed by atoms with Crippen molar-refractivity contribution in [2.24, 2.45) is 0 Å². The number of carbonyl (C=O) groups excluding carboxylic acids is 1. The van der Waals surface area contributed by atoms with Crippen molar-refractivity contribution in [3.05, 3.63) is 35.9 Å². The Hall–Kier alpha value is -1.55. The fraction of sp³-hybridized carbons (Fsp3) is 0.632. The highest BCUT2D eigenvalue weighted by atomic mass is 16.6. The van der Waals surface area contributed by atoms with E-state index in [1.807, 2.05) is 25.7 Å². The maximum atomic E-state index is 12.4. The van der Waals surface area contributed by atoms with Gasteiger partial charge in [0.25, 0.3) is 0 Å². The van der Waals surface area contributed by atoms with Gasteiger partial charge in [0.05, 0.1) is 0 Å². The largest absolute Gasteiger partial charge is 0.444 e. The number of ether oxygens (including phenoxy) is 1. The molecule has 2 saturated heterocycles. The van der Waals surface area contributed by atoms with Gasteiger partial charge in [0.2, 0.25) is 0 Å². The van der Waals surface area contributed by atoms with Crippen LogP contribution in [0.1, 0.15) is 45.6 Å². The molecule has 0 aliphatic carbocycles. The SMILES string of the molecule is CC(C)(C)OC(=O)N1CCC2(CCCN2Cc2ccccc2)C1. The fourth-order valence-corrected chi connectivity index (χ4v) is 3.85. The van der Waals surface area contributed by atoms with Crippen molar-refractivity contribution in [1.82, 2.24) is 9.80 Å². The number of amides is 1. The lowest BCUT2D eigenvalue weighted by Crippen LogP contribution is -2.46. The molecule has 2 aliphatic heterocycles. The topological polar surface area (TPSA) is 32.8 Å². The van der Waals surface area contributed by atoms with Crippen molar-refractivity contribution in [1.29, 1.82) is 0 Å². The Morgan fingerprint density at radius 2 is 1.91 bits per heavy atom. The van der Waals surface area contributed by atoms with Crippen LogP contribution in [-0.4, -0.2) is 46.7 Å². The second-order valence-electron chi connectivity index (χ2n) is 7.89. The van der Waals surface area contributed by atoms with Gasteiger partial charge in [0.15, 0.2) is 0 Å². The molecule has 0 radical (unpaired) electrons. The van der Waals surface area contributed by atoms with E-state index in [-0.39, 0.29) is 11.6 Å². The number of rotatable bonds is 2. The predicted octanol–water partition coefficient (Wildman–Crippen LogP) is 3.66. The van der Waals surface area contributed by atoms with E-state index in [1.165, 1.54) is 18.4 Å². The fourth-order valence-electron chi connectivity index (χ4n) is 3.85. The zero-order valence-electron chi connectivity index (χ0n) is 14.5. The number of hydrogen-bond donors (Lipinski definition) is 0. The van der Waals surface area contributed by atoms with E-state index in [1.54, 1.807) is 0 Å². The minimum Gasteiger partial charge on any atom is -0.444 e. The van der Waals surface area contributed by atoms with Gasteiger partial charge in [-0.1, -0.05) is 30.3 Å². The van der Waals surface area contributed by atoms with Crippen molar-refractivity contribution >= 4 is 6.09 Å². The van der Waals surface area contributed by atoms with Gasteiger partial charge in [-0.05, 0) is 52.1 Å². The van der Waals surface area contributed by atoms with E-state index in [2.05, 4.69) is 35.2 Å². The average molecular weight is 316 g/mol. The molecule has 4 heteroatoms. The third-order valence-electron chi connectivity index (χ3n) is 4.94. The van der Waals surface area contributed by atoms with Crippen molar-refractivity contribution in [3.8, 4) is 0 Å². The smallest absolute Gasteiger partial charge is 0.410 e. The molecule has 2 aliphatic rings. The summed E-state index contributed by atoms with van der Waals surface area (Å²) in [4.78, 5) is 16.8. The average Bonchev–Trinajstić information content (AvgIpc) is 3.07. The van der Waals surface area contributed by atoms with Crippen molar-refractivity contribution in [2.75, 3.05) is 19.6 Å². The van der Waals surface area contributed by atoms with Crippen molar-refractivity contribution in [3.63, 3.8) is 0 Å². The van der Waals surface area contributed by atoms with Crippen LogP contribution < -0.4 is 0 Å². The van der Waals surface area contributed by atoms with Gasteiger partial charge in [0, 0.05) is 25.2 Å². The third kappa shape index (κ3) is 3.69. The number of hydrogen-bond acceptors (Lipinski definition) is 3. The van der Waals surface area contributed by atoms with Gasteiger partial charge in [-0.2, -0.15) is 0 Å². The summed E-state index contributed by atoms with van der Waals surface area (Å²) in [5.74, 6) is 0. The first-order valence-electron chi connectivity index (χ1n) is 8.65. The second kappa shape index (κ2) is 6.16. The zero-order valence-corrected chi connectivity index (χ0v) is 14.5. The van der Waals surface area contributed by atoms with Crippen LogP contribution in [0.15, 0.2) is 30.3 Å². The molecule has 23 heavy (non-hydrogen) atoms. The van der Waals surface area contributed by atoms with Gasteiger partial charge in [-0.25, -0.2) is 4.79 Å². The summed E-state index contributed by atoms with van der Waals surface area (Å²) in [6, 6.07) is 10.6. The Labute approximate surface area is 139 Å². The van der Waals surface area contributed by atoms with E-state index < -0.39 is 5.60 Å². The van der Waals surface area contributed by atoms with E-state index in [0.29, 0.717) is 0 Å². The van der Waals surface area contributed by atoms with Gasteiger partial charge in [0.1, 0.15) is 5.60 Å². The molecule has 1 aromatic carbocycles. The Morgan fingerprint density at radius 3 is 2.61 bits per heavy atom. The molecule has 2 heterocycles. The first kappa shape index (κ1) is 16.3. The Kier molecular flexibility index (Phi) is 4.37. The number of carbonyl (C=O) groups is 1.